The molecule has 0 atom stereocenters. The normalized spacial score (nSPS) is 30.9. The summed E-state index contributed by atoms with van der Waals surface area (Å²) in [5.41, 5.74) is -1.77. The van der Waals surface area contributed by atoms with Gasteiger partial charge in [-0.1, -0.05) is 0 Å². The largest absolute Gasteiger partial charge is 0.497 e. The smallest absolute Gasteiger partial charge is 0.241 e. The molecule has 3 aliphatic rings. The first-order valence-corrected chi connectivity index (χ1v) is 10.3. The molecule has 4 amide bonds. The first-order chi connectivity index (χ1) is 15.2. The van der Waals surface area contributed by atoms with Gasteiger partial charge in [-0.05, 0) is 62.4 Å². The Morgan fingerprint density at radius 2 is 0.938 bits per heavy atom. The molecule has 2 heterocycles. The number of carbonyl (C=O) groups excluding carboxylic acids is 4. The van der Waals surface area contributed by atoms with Gasteiger partial charge in [0.25, 0.3) is 0 Å². The lowest BCUT2D eigenvalue weighted by Gasteiger charge is -2.53. The van der Waals surface area contributed by atoms with E-state index in [0.29, 0.717) is 22.9 Å². The SMILES string of the molecule is COc1ccc(N2C(=O)C3C(C)(C2=O)C2C(=O)N(c4ccc(OC)cc4)C(=O)C32C)cc1. The average molecular weight is 434 g/mol. The van der Waals surface area contributed by atoms with Gasteiger partial charge in [-0.15, -0.1) is 0 Å². The van der Waals surface area contributed by atoms with Crippen LogP contribution in [0.4, 0.5) is 11.4 Å². The van der Waals surface area contributed by atoms with Crippen LogP contribution in [-0.4, -0.2) is 37.8 Å². The Hall–Kier alpha value is -3.68. The van der Waals surface area contributed by atoms with E-state index < -0.39 is 46.3 Å². The molecule has 1 saturated carbocycles. The maximum atomic E-state index is 13.5. The summed E-state index contributed by atoms with van der Waals surface area (Å²) in [5, 5.41) is 0. The number of carbonyl (C=O) groups is 4. The van der Waals surface area contributed by atoms with Crippen LogP contribution in [0.25, 0.3) is 0 Å². The van der Waals surface area contributed by atoms with Crippen molar-refractivity contribution in [3.8, 4) is 11.5 Å². The quantitative estimate of drug-likeness (QED) is 0.686. The molecule has 2 aromatic rings. The number of benzene rings is 2. The maximum Gasteiger partial charge on any atom is 0.241 e. The number of anilines is 2. The summed E-state index contributed by atoms with van der Waals surface area (Å²) in [6.07, 6.45) is 0. The molecule has 8 nitrogen and oxygen atoms in total. The van der Waals surface area contributed by atoms with Crippen LogP contribution in [0.5, 0.6) is 11.5 Å². The molecule has 0 unspecified atom stereocenters. The second kappa shape index (κ2) is 6.41. The molecule has 32 heavy (non-hydrogen) atoms. The van der Waals surface area contributed by atoms with Gasteiger partial charge >= 0.3 is 0 Å². The van der Waals surface area contributed by atoms with Crippen LogP contribution in [0, 0.1) is 22.7 Å². The fourth-order valence-electron chi connectivity index (χ4n) is 5.89. The van der Waals surface area contributed by atoms with Crippen LogP contribution in [0.3, 0.4) is 0 Å². The third-order valence-corrected chi connectivity index (χ3v) is 7.32. The minimum absolute atomic E-state index is 0.394. The van der Waals surface area contributed by atoms with Crippen molar-refractivity contribution < 1.29 is 28.7 Å². The van der Waals surface area contributed by atoms with Crippen molar-refractivity contribution in [1.29, 1.82) is 0 Å². The van der Waals surface area contributed by atoms with E-state index in [0.717, 1.165) is 9.80 Å². The van der Waals surface area contributed by atoms with Crippen molar-refractivity contribution in [3.05, 3.63) is 48.5 Å². The Balaban J connectivity index is 1.54. The Morgan fingerprint density at radius 1 is 0.625 bits per heavy atom. The lowest BCUT2D eigenvalue weighted by molar-refractivity contribution is -0.179. The number of rotatable bonds is 4. The van der Waals surface area contributed by atoms with Crippen LogP contribution >= 0.6 is 0 Å². The standard InChI is InChI=1S/C24H22N2O6/c1-23-17(19(27)25(21(23)29)13-5-9-15(31-3)10-6-13)24(2)18(23)20(28)26(22(24)30)14-7-11-16(32-4)12-8-14/h5-12,17-18H,1-4H3. The summed E-state index contributed by atoms with van der Waals surface area (Å²) in [6.45, 7) is 3.24. The van der Waals surface area contributed by atoms with Crippen molar-refractivity contribution >= 4 is 35.0 Å². The van der Waals surface area contributed by atoms with E-state index in [4.69, 9.17) is 9.47 Å². The summed E-state index contributed by atoms with van der Waals surface area (Å²) >= 11 is 0. The number of methoxy groups -OCH3 is 2. The second-order valence-electron chi connectivity index (χ2n) is 8.79. The van der Waals surface area contributed by atoms with E-state index in [-0.39, 0.29) is 0 Å². The van der Waals surface area contributed by atoms with E-state index in [9.17, 15) is 19.2 Å². The molecule has 2 aromatic carbocycles. The molecule has 0 spiro atoms. The van der Waals surface area contributed by atoms with Gasteiger partial charge in [0.15, 0.2) is 0 Å². The maximum absolute atomic E-state index is 13.5. The molecule has 2 saturated heterocycles. The number of imide groups is 2. The van der Waals surface area contributed by atoms with Crippen molar-refractivity contribution in [2.45, 2.75) is 13.8 Å². The zero-order chi connectivity index (χ0) is 23.0. The first kappa shape index (κ1) is 20.2. The second-order valence-corrected chi connectivity index (χ2v) is 8.79. The number of hydrogen-bond acceptors (Lipinski definition) is 6. The van der Waals surface area contributed by atoms with Gasteiger partial charge in [-0.2, -0.15) is 0 Å². The highest BCUT2D eigenvalue weighted by molar-refractivity contribution is 6.34. The van der Waals surface area contributed by atoms with E-state index in [1.54, 1.807) is 62.4 Å². The number of amides is 4. The van der Waals surface area contributed by atoms with Crippen LogP contribution in [0.15, 0.2) is 48.5 Å². The fourth-order valence-corrected chi connectivity index (χ4v) is 5.89. The van der Waals surface area contributed by atoms with Crippen molar-refractivity contribution in [3.63, 3.8) is 0 Å². The summed E-state index contributed by atoms with van der Waals surface area (Å²) in [7, 11) is 3.05. The molecule has 0 bridgehead atoms. The van der Waals surface area contributed by atoms with Crippen molar-refractivity contribution in [1.82, 2.24) is 0 Å². The van der Waals surface area contributed by atoms with Gasteiger partial charge in [0, 0.05) is 0 Å². The van der Waals surface area contributed by atoms with E-state index in [2.05, 4.69) is 0 Å². The van der Waals surface area contributed by atoms with Gasteiger partial charge in [-0.25, -0.2) is 9.80 Å². The molecule has 8 heteroatoms. The predicted octanol–water partition coefficient (Wildman–Crippen LogP) is 2.41. The third kappa shape index (κ3) is 2.16. The van der Waals surface area contributed by atoms with Crippen molar-refractivity contribution in [2.24, 2.45) is 22.7 Å². The van der Waals surface area contributed by atoms with E-state index in [1.807, 2.05) is 0 Å². The number of nitrogens with zero attached hydrogens (tertiary/aromatic N) is 2. The molecule has 0 aromatic heterocycles. The zero-order valence-corrected chi connectivity index (χ0v) is 18.1. The van der Waals surface area contributed by atoms with Gasteiger partial charge in [0.05, 0.1) is 48.3 Å². The zero-order valence-electron chi connectivity index (χ0n) is 18.1. The number of ether oxygens (including phenoxy) is 2. The number of fused-ring (bicyclic) bond motifs is 4. The van der Waals surface area contributed by atoms with Gasteiger partial charge in [0.1, 0.15) is 11.5 Å². The molecular formula is C24H22N2O6. The minimum atomic E-state index is -1.28. The molecule has 0 N–H and O–H groups in total. The highest BCUT2D eigenvalue weighted by Crippen LogP contribution is 2.71. The highest BCUT2D eigenvalue weighted by atomic mass is 16.5. The number of hydrogen-bond donors (Lipinski definition) is 0. The van der Waals surface area contributed by atoms with Gasteiger partial charge < -0.3 is 9.47 Å². The van der Waals surface area contributed by atoms with Crippen molar-refractivity contribution in [2.75, 3.05) is 24.0 Å². The molecular weight excluding hydrogens is 412 g/mol. The molecule has 0 radical (unpaired) electrons. The third-order valence-electron chi connectivity index (χ3n) is 7.32. The average Bonchev–Trinajstić information content (AvgIpc) is 3.08. The van der Waals surface area contributed by atoms with Crippen LogP contribution in [0.2, 0.25) is 0 Å². The lowest BCUT2D eigenvalue weighted by atomic mass is 9.41. The fraction of sp³-hybridized carbons (Fsp3) is 0.333. The topological polar surface area (TPSA) is 93.2 Å². The molecule has 5 rings (SSSR count). The van der Waals surface area contributed by atoms with Crippen LogP contribution in [0.1, 0.15) is 13.8 Å². The Bertz CT molecular complexity index is 1070. The first-order valence-electron chi connectivity index (χ1n) is 10.3. The monoisotopic (exact) mass is 434 g/mol. The highest BCUT2D eigenvalue weighted by Gasteiger charge is 2.85. The van der Waals surface area contributed by atoms with Crippen LogP contribution < -0.4 is 19.3 Å². The summed E-state index contributed by atoms with van der Waals surface area (Å²) in [4.78, 5) is 56.1. The summed E-state index contributed by atoms with van der Waals surface area (Å²) in [6, 6.07) is 13.1. The summed E-state index contributed by atoms with van der Waals surface area (Å²) < 4.78 is 10.3. The lowest BCUT2D eigenvalue weighted by Crippen LogP contribution is -2.65. The van der Waals surface area contributed by atoms with E-state index in [1.165, 1.54) is 14.2 Å². The Kier molecular flexibility index (Phi) is 4.06. The van der Waals surface area contributed by atoms with E-state index >= 15 is 0 Å². The summed E-state index contributed by atoms with van der Waals surface area (Å²) in [5.74, 6) is -2.48. The predicted molar refractivity (Wildman–Crippen MR) is 114 cm³/mol. The van der Waals surface area contributed by atoms with Crippen LogP contribution in [-0.2, 0) is 19.2 Å². The molecule has 3 fully saturated rings. The molecule has 2 aliphatic heterocycles. The van der Waals surface area contributed by atoms with Gasteiger partial charge in [0.2, 0.25) is 23.6 Å². The molecule has 164 valence electrons. The molecule has 1 aliphatic carbocycles. The van der Waals surface area contributed by atoms with Gasteiger partial charge in [-0.3, -0.25) is 19.2 Å². The minimum Gasteiger partial charge on any atom is -0.497 e. The Morgan fingerprint density at radius 3 is 1.22 bits per heavy atom. The Labute approximate surface area is 184 Å².